The largest absolute Gasteiger partial charge is 0.497 e. The van der Waals surface area contributed by atoms with Gasteiger partial charge < -0.3 is 25.7 Å². The number of carbonyl (C=O) groups excluding carboxylic acids is 1. The van der Waals surface area contributed by atoms with E-state index >= 15 is 0 Å². The van der Waals surface area contributed by atoms with Crippen molar-refractivity contribution in [3.8, 4) is 5.75 Å². The molecule has 7 nitrogen and oxygen atoms in total. The van der Waals surface area contributed by atoms with Gasteiger partial charge in [-0.25, -0.2) is 4.39 Å². The Morgan fingerprint density at radius 2 is 2.00 bits per heavy atom. The third kappa shape index (κ3) is 5.18. The van der Waals surface area contributed by atoms with Crippen LogP contribution in [0.25, 0.3) is 0 Å². The lowest BCUT2D eigenvalue weighted by molar-refractivity contribution is -0.133. The molecule has 1 atom stereocenters. The summed E-state index contributed by atoms with van der Waals surface area (Å²) in [7, 11) is 1.44. The molecule has 4 N–H and O–H groups in total. The van der Waals surface area contributed by atoms with E-state index in [0.29, 0.717) is 11.3 Å². The minimum atomic E-state index is -1.07. The first kappa shape index (κ1) is 20.2. The summed E-state index contributed by atoms with van der Waals surface area (Å²) in [5.41, 5.74) is 6.99. The number of nitrogens with two attached hydrogens (primary N) is 1. The summed E-state index contributed by atoms with van der Waals surface area (Å²) in [6, 6.07) is 11.1. The van der Waals surface area contributed by atoms with Crippen molar-refractivity contribution in [1.29, 1.82) is 0 Å². The van der Waals surface area contributed by atoms with E-state index in [1.807, 2.05) is 0 Å². The third-order valence-corrected chi connectivity index (χ3v) is 3.89. The van der Waals surface area contributed by atoms with Crippen molar-refractivity contribution in [1.82, 2.24) is 5.32 Å². The minimum absolute atomic E-state index is 0.00280. The topological polar surface area (TPSA) is 106 Å². The van der Waals surface area contributed by atoms with Gasteiger partial charge in [0.25, 0.3) is 5.91 Å². The number of halogens is 1. The lowest BCUT2D eigenvalue weighted by Crippen LogP contribution is -2.31. The molecule has 1 unspecified atom stereocenters. The molecule has 0 saturated heterocycles. The fourth-order valence-electron chi connectivity index (χ4n) is 2.45. The molecule has 0 aliphatic heterocycles. The number of oxime groups is 1. The van der Waals surface area contributed by atoms with Crippen molar-refractivity contribution in [2.75, 3.05) is 13.7 Å². The van der Waals surface area contributed by atoms with Crippen molar-refractivity contribution in [2.24, 2.45) is 10.9 Å². The van der Waals surface area contributed by atoms with Gasteiger partial charge in [0, 0.05) is 30.3 Å². The number of carbonyl (C=O) groups is 1. The Morgan fingerprint density at radius 3 is 2.56 bits per heavy atom. The molecule has 2 aromatic rings. The quantitative estimate of drug-likeness (QED) is 0.284. The molecular weight excluding hydrogens is 353 g/mol. The second-order valence-electron chi connectivity index (χ2n) is 5.62. The molecule has 0 aliphatic rings. The second kappa shape index (κ2) is 9.54. The standard InChI is InChI=1S/C19H22FN3O4/c1-3-27-17(15-9-8-14(26-2)10-16(15)20)19(24)22-11-12-4-6-13(7-5-12)18(21)23-25/h4-10,17,25H,3,11H2,1-2H3,(H2,21,23)(H,22,24). The molecule has 0 aliphatic carbocycles. The number of nitrogens with zero attached hydrogens (tertiary/aromatic N) is 1. The molecule has 0 spiro atoms. The van der Waals surface area contributed by atoms with Gasteiger partial charge in [0.2, 0.25) is 0 Å². The van der Waals surface area contributed by atoms with Crippen molar-refractivity contribution in [3.05, 3.63) is 65.0 Å². The fourth-order valence-corrected chi connectivity index (χ4v) is 2.45. The average Bonchev–Trinajstić information content (AvgIpc) is 2.70. The van der Waals surface area contributed by atoms with Crippen LogP contribution in [-0.2, 0) is 16.1 Å². The van der Waals surface area contributed by atoms with E-state index in [0.717, 1.165) is 5.56 Å². The lowest BCUT2D eigenvalue weighted by atomic mass is 10.1. The number of benzene rings is 2. The zero-order chi connectivity index (χ0) is 19.8. The van der Waals surface area contributed by atoms with Crippen molar-refractivity contribution in [3.63, 3.8) is 0 Å². The lowest BCUT2D eigenvalue weighted by Gasteiger charge is -2.18. The molecule has 0 saturated carbocycles. The van der Waals surface area contributed by atoms with Gasteiger partial charge in [0.05, 0.1) is 7.11 Å². The molecule has 1 amide bonds. The van der Waals surface area contributed by atoms with Crippen LogP contribution < -0.4 is 15.8 Å². The summed E-state index contributed by atoms with van der Waals surface area (Å²) >= 11 is 0. The number of ether oxygens (including phenoxy) is 2. The van der Waals surface area contributed by atoms with E-state index in [1.165, 1.54) is 19.2 Å². The van der Waals surface area contributed by atoms with Crippen LogP contribution >= 0.6 is 0 Å². The van der Waals surface area contributed by atoms with E-state index in [2.05, 4.69) is 10.5 Å². The first-order valence-electron chi connectivity index (χ1n) is 8.29. The number of hydrogen-bond donors (Lipinski definition) is 3. The summed E-state index contributed by atoms with van der Waals surface area (Å²) in [5, 5.41) is 14.3. The van der Waals surface area contributed by atoms with Crippen LogP contribution in [0.5, 0.6) is 5.75 Å². The average molecular weight is 375 g/mol. The van der Waals surface area contributed by atoms with Gasteiger partial charge in [-0.05, 0) is 24.6 Å². The first-order valence-corrected chi connectivity index (χ1v) is 8.29. The molecule has 8 heteroatoms. The van der Waals surface area contributed by atoms with Crippen LogP contribution in [0, 0.1) is 5.82 Å². The maximum absolute atomic E-state index is 14.3. The Labute approximate surface area is 156 Å². The number of methoxy groups -OCH3 is 1. The Morgan fingerprint density at radius 1 is 1.30 bits per heavy atom. The van der Waals surface area contributed by atoms with E-state index in [-0.39, 0.29) is 24.6 Å². The van der Waals surface area contributed by atoms with E-state index in [9.17, 15) is 9.18 Å². The van der Waals surface area contributed by atoms with Crippen LogP contribution in [0.2, 0.25) is 0 Å². The molecule has 2 rings (SSSR count). The van der Waals surface area contributed by atoms with Crippen molar-refractivity contribution in [2.45, 2.75) is 19.6 Å². The molecule has 144 valence electrons. The summed E-state index contributed by atoms with van der Waals surface area (Å²) in [6.45, 7) is 2.20. The highest BCUT2D eigenvalue weighted by Gasteiger charge is 2.24. The Kier molecular flexibility index (Phi) is 7.13. The van der Waals surface area contributed by atoms with Crippen LogP contribution in [0.3, 0.4) is 0 Å². The highest BCUT2D eigenvalue weighted by molar-refractivity contribution is 5.97. The number of hydrogen-bond acceptors (Lipinski definition) is 5. The van der Waals surface area contributed by atoms with Crippen LogP contribution in [0.15, 0.2) is 47.6 Å². The fraction of sp³-hybridized carbons (Fsp3) is 0.263. The predicted octanol–water partition coefficient (Wildman–Crippen LogP) is 2.32. The van der Waals surface area contributed by atoms with E-state index in [1.54, 1.807) is 37.3 Å². The number of rotatable bonds is 8. The van der Waals surface area contributed by atoms with Crippen LogP contribution in [0.4, 0.5) is 4.39 Å². The van der Waals surface area contributed by atoms with Gasteiger partial charge in [-0.2, -0.15) is 0 Å². The minimum Gasteiger partial charge on any atom is -0.497 e. The molecule has 27 heavy (non-hydrogen) atoms. The normalized spacial score (nSPS) is 12.5. The first-order chi connectivity index (χ1) is 13.0. The third-order valence-electron chi connectivity index (χ3n) is 3.89. The van der Waals surface area contributed by atoms with Crippen molar-refractivity contribution >= 4 is 11.7 Å². The summed E-state index contributed by atoms with van der Waals surface area (Å²) < 4.78 is 24.7. The van der Waals surface area contributed by atoms with Gasteiger partial charge in [-0.15, -0.1) is 0 Å². The number of nitrogens with one attached hydrogen (secondary N) is 1. The van der Waals surface area contributed by atoms with Crippen molar-refractivity contribution < 1.29 is 23.9 Å². The smallest absolute Gasteiger partial charge is 0.254 e. The highest BCUT2D eigenvalue weighted by Crippen LogP contribution is 2.25. The molecule has 0 bridgehead atoms. The van der Waals surface area contributed by atoms with Gasteiger partial charge >= 0.3 is 0 Å². The van der Waals surface area contributed by atoms with Gasteiger partial charge in [-0.1, -0.05) is 29.4 Å². The van der Waals surface area contributed by atoms with E-state index < -0.39 is 17.8 Å². The monoisotopic (exact) mass is 375 g/mol. The highest BCUT2D eigenvalue weighted by atomic mass is 19.1. The summed E-state index contributed by atoms with van der Waals surface area (Å²) in [5.74, 6) is -0.679. The van der Waals surface area contributed by atoms with Crippen LogP contribution in [-0.4, -0.2) is 30.7 Å². The number of amides is 1. The summed E-state index contributed by atoms with van der Waals surface area (Å²) in [4.78, 5) is 12.5. The molecule has 0 heterocycles. The SMILES string of the molecule is CCOC(C(=O)NCc1ccc(/C(N)=N/O)cc1)c1ccc(OC)cc1F. The Hall–Kier alpha value is -3.13. The zero-order valence-electron chi connectivity index (χ0n) is 15.1. The molecule has 0 radical (unpaired) electrons. The predicted molar refractivity (Wildman–Crippen MR) is 98.1 cm³/mol. The molecular formula is C19H22FN3O4. The Bertz CT molecular complexity index is 809. The summed E-state index contributed by atoms with van der Waals surface area (Å²) in [6.07, 6.45) is -1.07. The van der Waals surface area contributed by atoms with E-state index in [4.69, 9.17) is 20.4 Å². The van der Waals surface area contributed by atoms with Gasteiger partial charge in [0.1, 0.15) is 11.6 Å². The molecule has 0 aromatic heterocycles. The van der Waals surface area contributed by atoms with Gasteiger partial charge in [-0.3, -0.25) is 4.79 Å². The van der Waals surface area contributed by atoms with Gasteiger partial charge in [0.15, 0.2) is 11.9 Å². The molecule has 2 aromatic carbocycles. The maximum Gasteiger partial charge on any atom is 0.254 e. The second-order valence-corrected chi connectivity index (χ2v) is 5.62. The van der Waals surface area contributed by atoms with Crippen LogP contribution in [0.1, 0.15) is 29.7 Å². The zero-order valence-corrected chi connectivity index (χ0v) is 15.1. The maximum atomic E-state index is 14.3. The molecule has 0 fully saturated rings. The Balaban J connectivity index is 2.09. The number of amidine groups is 1.